The molecule has 0 atom stereocenters. The van der Waals surface area contributed by atoms with Crippen LogP contribution >= 0.6 is 0 Å². The van der Waals surface area contributed by atoms with Crippen LogP contribution in [0.2, 0.25) is 0 Å². The number of esters is 1. The Labute approximate surface area is 96.6 Å². The predicted octanol–water partition coefficient (Wildman–Crippen LogP) is 2.84. The maximum absolute atomic E-state index is 11.9. The Morgan fingerprint density at radius 1 is 1.29 bits per heavy atom. The zero-order valence-electron chi connectivity index (χ0n) is 9.17. The quantitative estimate of drug-likeness (QED) is 0.831. The lowest BCUT2D eigenvalue weighted by Gasteiger charge is -2.09. The largest absolute Gasteiger partial charge is 0.462 e. The highest BCUT2D eigenvalue weighted by molar-refractivity contribution is 5.89. The SMILES string of the molecule is CCOC(=O)c1ccc(NCC(F)(F)F)cc1. The van der Waals surface area contributed by atoms with E-state index >= 15 is 0 Å². The van der Waals surface area contributed by atoms with Crippen LogP contribution < -0.4 is 5.32 Å². The molecule has 1 aromatic rings. The van der Waals surface area contributed by atoms with Gasteiger partial charge >= 0.3 is 12.1 Å². The number of halogens is 3. The molecule has 94 valence electrons. The van der Waals surface area contributed by atoms with Crippen LogP contribution in [-0.2, 0) is 4.74 Å². The van der Waals surface area contributed by atoms with Gasteiger partial charge in [0.2, 0.25) is 0 Å². The number of benzene rings is 1. The molecule has 3 nitrogen and oxygen atoms in total. The van der Waals surface area contributed by atoms with Gasteiger partial charge in [-0.05, 0) is 31.2 Å². The van der Waals surface area contributed by atoms with Crippen molar-refractivity contribution in [3.63, 3.8) is 0 Å². The second-order valence-corrected chi connectivity index (χ2v) is 3.27. The van der Waals surface area contributed by atoms with E-state index in [4.69, 9.17) is 4.74 Å². The number of hydrogen-bond donors (Lipinski definition) is 1. The Kier molecular flexibility index (Phi) is 4.37. The minimum Gasteiger partial charge on any atom is -0.462 e. The monoisotopic (exact) mass is 247 g/mol. The lowest BCUT2D eigenvalue weighted by atomic mass is 10.2. The molecule has 0 aliphatic heterocycles. The Morgan fingerprint density at radius 2 is 1.88 bits per heavy atom. The summed E-state index contributed by atoms with van der Waals surface area (Å²) in [6, 6.07) is 5.63. The fourth-order valence-electron chi connectivity index (χ4n) is 1.14. The first kappa shape index (κ1) is 13.3. The first-order valence-electron chi connectivity index (χ1n) is 5.00. The topological polar surface area (TPSA) is 38.3 Å². The van der Waals surface area contributed by atoms with E-state index in [1.165, 1.54) is 24.3 Å². The van der Waals surface area contributed by atoms with Gasteiger partial charge in [0.25, 0.3) is 0 Å². The second kappa shape index (κ2) is 5.56. The van der Waals surface area contributed by atoms with Crippen molar-refractivity contribution >= 4 is 11.7 Å². The Bertz CT molecular complexity index is 373. The van der Waals surface area contributed by atoms with Crippen LogP contribution in [0.4, 0.5) is 18.9 Å². The van der Waals surface area contributed by atoms with Crippen molar-refractivity contribution in [3.05, 3.63) is 29.8 Å². The van der Waals surface area contributed by atoms with Gasteiger partial charge in [0, 0.05) is 5.69 Å². The summed E-state index contributed by atoms with van der Waals surface area (Å²) in [5.41, 5.74) is 0.611. The Morgan fingerprint density at radius 3 is 2.35 bits per heavy atom. The molecule has 0 saturated carbocycles. The van der Waals surface area contributed by atoms with Crippen LogP contribution in [0.5, 0.6) is 0 Å². The van der Waals surface area contributed by atoms with Gasteiger partial charge in [-0.1, -0.05) is 0 Å². The predicted molar refractivity (Wildman–Crippen MR) is 56.9 cm³/mol. The van der Waals surface area contributed by atoms with E-state index in [1.54, 1.807) is 6.92 Å². The summed E-state index contributed by atoms with van der Waals surface area (Å²) >= 11 is 0. The van der Waals surface area contributed by atoms with Crippen molar-refractivity contribution < 1.29 is 22.7 Å². The second-order valence-electron chi connectivity index (χ2n) is 3.27. The minimum atomic E-state index is -4.26. The third-order valence-electron chi connectivity index (χ3n) is 1.89. The van der Waals surface area contributed by atoms with Crippen LogP contribution in [0, 0.1) is 0 Å². The van der Waals surface area contributed by atoms with E-state index in [0.29, 0.717) is 11.3 Å². The van der Waals surface area contributed by atoms with Crippen molar-refractivity contribution in [2.24, 2.45) is 0 Å². The first-order chi connectivity index (χ1) is 7.92. The van der Waals surface area contributed by atoms with Crippen molar-refractivity contribution in [3.8, 4) is 0 Å². The molecular formula is C11H12F3NO2. The molecular weight excluding hydrogens is 235 g/mol. The highest BCUT2D eigenvalue weighted by Crippen LogP contribution is 2.17. The zero-order chi connectivity index (χ0) is 12.9. The van der Waals surface area contributed by atoms with Crippen molar-refractivity contribution in [2.45, 2.75) is 13.1 Å². The number of anilines is 1. The number of ether oxygens (including phenoxy) is 1. The fourth-order valence-corrected chi connectivity index (χ4v) is 1.14. The van der Waals surface area contributed by atoms with Gasteiger partial charge in [-0.2, -0.15) is 13.2 Å². The van der Waals surface area contributed by atoms with Crippen LogP contribution in [0.1, 0.15) is 17.3 Å². The van der Waals surface area contributed by atoms with Gasteiger partial charge in [0.1, 0.15) is 6.54 Å². The molecule has 0 unspecified atom stereocenters. The molecule has 6 heteroatoms. The molecule has 0 aromatic heterocycles. The summed E-state index contributed by atoms with van der Waals surface area (Å²) in [6.07, 6.45) is -4.26. The molecule has 1 N–H and O–H groups in total. The number of nitrogens with one attached hydrogen (secondary N) is 1. The van der Waals surface area contributed by atoms with E-state index in [9.17, 15) is 18.0 Å². The van der Waals surface area contributed by atoms with Gasteiger partial charge in [-0.25, -0.2) is 4.79 Å². The maximum atomic E-state index is 11.9. The van der Waals surface area contributed by atoms with Crippen molar-refractivity contribution in [2.75, 3.05) is 18.5 Å². The molecule has 1 aromatic carbocycles. The van der Waals surface area contributed by atoms with E-state index in [0.717, 1.165) is 0 Å². The molecule has 17 heavy (non-hydrogen) atoms. The smallest absolute Gasteiger partial charge is 0.405 e. The van der Waals surface area contributed by atoms with Gasteiger partial charge < -0.3 is 10.1 Å². The lowest BCUT2D eigenvalue weighted by molar-refractivity contribution is -0.115. The van der Waals surface area contributed by atoms with Gasteiger partial charge in [0.05, 0.1) is 12.2 Å². The van der Waals surface area contributed by atoms with Gasteiger partial charge in [-0.15, -0.1) is 0 Å². The molecule has 0 amide bonds. The van der Waals surface area contributed by atoms with Crippen LogP contribution in [-0.4, -0.2) is 25.3 Å². The summed E-state index contributed by atoms with van der Waals surface area (Å²) in [6.45, 7) is 0.829. The zero-order valence-corrected chi connectivity index (χ0v) is 9.17. The Hall–Kier alpha value is -1.72. The van der Waals surface area contributed by atoms with E-state index < -0.39 is 18.7 Å². The first-order valence-corrected chi connectivity index (χ1v) is 5.00. The summed E-state index contributed by atoms with van der Waals surface area (Å²) in [5, 5.41) is 2.21. The average molecular weight is 247 g/mol. The van der Waals surface area contributed by atoms with Gasteiger partial charge in [-0.3, -0.25) is 0 Å². The van der Waals surface area contributed by atoms with Crippen LogP contribution in [0.3, 0.4) is 0 Å². The number of alkyl halides is 3. The number of carbonyl (C=O) groups is 1. The summed E-state index contributed by atoms with van der Waals surface area (Å²) in [7, 11) is 0. The molecule has 0 bridgehead atoms. The maximum Gasteiger partial charge on any atom is 0.405 e. The molecule has 0 fully saturated rings. The van der Waals surface area contributed by atoms with E-state index in [1.807, 2.05) is 0 Å². The molecule has 0 radical (unpaired) electrons. The summed E-state index contributed by atoms with van der Waals surface area (Å²) in [5.74, 6) is -0.491. The average Bonchev–Trinajstić information content (AvgIpc) is 2.26. The van der Waals surface area contributed by atoms with E-state index in [-0.39, 0.29) is 6.61 Å². The Balaban J connectivity index is 2.59. The van der Waals surface area contributed by atoms with Crippen molar-refractivity contribution in [1.29, 1.82) is 0 Å². The number of rotatable bonds is 4. The number of hydrogen-bond acceptors (Lipinski definition) is 3. The summed E-state index contributed by atoms with van der Waals surface area (Å²) < 4.78 is 40.5. The lowest BCUT2D eigenvalue weighted by Crippen LogP contribution is -2.21. The molecule has 0 saturated heterocycles. The van der Waals surface area contributed by atoms with Crippen LogP contribution in [0.25, 0.3) is 0 Å². The van der Waals surface area contributed by atoms with E-state index in [2.05, 4.69) is 5.32 Å². The molecule has 0 aliphatic rings. The van der Waals surface area contributed by atoms with Crippen LogP contribution in [0.15, 0.2) is 24.3 Å². The van der Waals surface area contributed by atoms with Gasteiger partial charge in [0.15, 0.2) is 0 Å². The third-order valence-corrected chi connectivity index (χ3v) is 1.89. The molecule has 0 heterocycles. The molecule has 0 aliphatic carbocycles. The fraction of sp³-hybridized carbons (Fsp3) is 0.364. The standard InChI is InChI=1S/C11H12F3NO2/c1-2-17-10(16)8-3-5-9(6-4-8)15-7-11(12,13)14/h3-6,15H,2,7H2,1H3. The highest BCUT2D eigenvalue weighted by Gasteiger charge is 2.26. The summed E-state index contributed by atoms with van der Waals surface area (Å²) in [4.78, 5) is 11.3. The molecule has 1 rings (SSSR count). The van der Waals surface area contributed by atoms with Crippen molar-refractivity contribution in [1.82, 2.24) is 0 Å². The third kappa shape index (κ3) is 4.76. The normalized spacial score (nSPS) is 11.1. The number of carbonyl (C=O) groups excluding carboxylic acids is 1. The highest BCUT2D eigenvalue weighted by atomic mass is 19.4. The minimum absolute atomic E-state index is 0.257. The molecule has 0 spiro atoms.